The van der Waals surface area contributed by atoms with Crippen LogP contribution in [0.2, 0.25) is 0 Å². The Labute approximate surface area is 141 Å². The minimum absolute atomic E-state index is 0.0208. The van der Waals surface area contributed by atoms with E-state index in [2.05, 4.69) is 10.5 Å². The van der Waals surface area contributed by atoms with Crippen LogP contribution >= 0.6 is 0 Å². The van der Waals surface area contributed by atoms with Crippen LogP contribution in [0, 0.1) is 17.0 Å². The van der Waals surface area contributed by atoms with Gasteiger partial charge in [0.2, 0.25) is 0 Å². The molecule has 0 bridgehead atoms. The summed E-state index contributed by atoms with van der Waals surface area (Å²) in [5.74, 6) is -0.721. The van der Waals surface area contributed by atoms with E-state index in [1.54, 1.807) is 13.0 Å². The number of nitrogens with zero attached hydrogens (tertiary/aromatic N) is 2. The van der Waals surface area contributed by atoms with Gasteiger partial charge in [-0.2, -0.15) is 0 Å². The number of rotatable bonds is 7. The van der Waals surface area contributed by atoms with Crippen molar-refractivity contribution in [3.63, 3.8) is 0 Å². The number of hydrogen-bond donors (Lipinski definition) is 1. The molecule has 0 unspecified atom stereocenters. The van der Waals surface area contributed by atoms with Crippen molar-refractivity contribution in [1.82, 2.24) is 10.5 Å². The molecule has 25 heavy (non-hydrogen) atoms. The molecule has 1 aromatic carbocycles. The number of aryl methyl sites for hydroxylation is 1. The van der Waals surface area contributed by atoms with E-state index in [4.69, 9.17) is 14.0 Å². The van der Waals surface area contributed by atoms with Crippen LogP contribution in [0.1, 0.15) is 21.8 Å². The van der Waals surface area contributed by atoms with E-state index in [0.717, 1.165) is 6.07 Å². The lowest BCUT2D eigenvalue weighted by molar-refractivity contribution is -0.385. The second-order valence-electron chi connectivity index (χ2n) is 4.92. The summed E-state index contributed by atoms with van der Waals surface area (Å²) in [6, 6.07) is 5.34. The van der Waals surface area contributed by atoms with Crippen molar-refractivity contribution in [2.24, 2.45) is 0 Å². The fourth-order valence-corrected chi connectivity index (χ4v) is 1.92. The highest BCUT2D eigenvalue weighted by molar-refractivity contribution is 5.96. The average molecular weight is 349 g/mol. The molecule has 0 radical (unpaired) electrons. The lowest BCUT2D eigenvalue weighted by Gasteiger charge is -2.07. The largest absolute Gasteiger partial charge is 0.490 e. The fourth-order valence-electron chi connectivity index (χ4n) is 1.92. The van der Waals surface area contributed by atoms with Crippen LogP contribution in [0.15, 0.2) is 28.8 Å². The van der Waals surface area contributed by atoms with Crippen LogP contribution in [-0.2, 0) is 16.1 Å². The van der Waals surface area contributed by atoms with Crippen molar-refractivity contribution < 1.29 is 28.5 Å². The summed E-state index contributed by atoms with van der Waals surface area (Å²) in [4.78, 5) is 33.9. The van der Waals surface area contributed by atoms with Crippen LogP contribution in [-0.4, -0.2) is 35.6 Å². The Morgan fingerprint density at radius 1 is 1.36 bits per heavy atom. The Bertz CT molecular complexity index is 800. The molecule has 0 fully saturated rings. The Kier molecular flexibility index (Phi) is 5.66. The highest BCUT2D eigenvalue weighted by Gasteiger charge is 2.18. The Balaban J connectivity index is 1.90. The third-order valence-electron chi connectivity index (χ3n) is 3.09. The number of ether oxygens (including phenoxy) is 2. The number of nitro benzene ring substituents is 1. The Hall–Kier alpha value is -3.43. The van der Waals surface area contributed by atoms with Crippen molar-refractivity contribution in [2.45, 2.75) is 13.5 Å². The normalized spacial score (nSPS) is 10.2. The summed E-state index contributed by atoms with van der Waals surface area (Å²) in [5.41, 5.74) is 0.120. The Morgan fingerprint density at radius 3 is 2.72 bits per heavy atom. The molecular formula is C15H15N3O7. The van der Waals surface area contributed by atoms with Gasteiger partial charge in [0.1, 0.15) is 24.6 Å². The van der Waals surface area contributed by atoms with Crippen LogP contribution in [0.4, 0.5) is 5.69 Å². The van der Waals surface area contributed by atoms with Crippen LogP contribution in [0.5, 0.6) is 5.75 Å². The van der Waals surface area contributed by atoms with Gasteiger partial charge in [-0.15, -0.1) is 0 Å². The number of methoxy groups -OCH3 is 1. The number of aromatic nitrogens is 1. The molecule has 1 aromatic heterocycles. The van der Waals surface area contributed by atoms with Crippen molar-refractivity contribution >= 4 is 17.6 Å². The SMILES string of the molecule is COc1ccc(C(=O)NCC(=O)OCc2cc(C)on2)cc1[N+](=O)[O-]. The maximum Gasteiger partial charge on any atom is 0.325 e. The number of carbonyl (C=O) groups is 2. The monoisotopic (exact) mass is 349 g/mol. The first-order valence-electron chi connectivity index (χ1n) is 7.09. The second-order valence-corrected chi connectivity index (χ2v) is 4.92. The summed E-state index contributed by atoms with van der Waals surface area (Å²) in [6.45, 7) is 1.22. The molecule has 0 aliphatic carbocycles. The molecule has 2 aromatic rings. The van der Waals surface area contributed by atoms with Gasteiger partial charge in [0.25, 0.3) is 5.91 Å². The number of hydrogen-bond acceptors (Lipinski definition) is 8. The van der Waals surface area contributed by atoms with Crippen molar-refractivity contribution in [3.8, 4) is 5.75 Å². The zero-order chi connectivity index (χ0) is 18.4. The van der Waals surface area contributed by atoms with E-state index in [1.807, 2.05) is 0 Å². The average Bonchev–Trinajstić information content (AvgIpc) is 3.02. The number of benzene rings is 1. The molecule has 2 rings (SSSR count). The minimum atomic E-state index is -0.683. The first-order valence-corrected chi connectivity index (χ1v) is 7.09. The van der Waals surface area contributed by atoms with E-state index < -0.39 is 23.3 Å². The van der Waals surface area contributed by atoms with E-state index in [1.165, 1.54) is 19.2 Å². The van der Waals surface area contributed by atoms with Crippen LogP contribution in [0.3, 0.4) is 0 Å². The van der Waals surface area contributed by atoms with Crippen molar-refractivity contribution in [1.29, 1.82) is 0 Å². The molecule has 0 atom stereocenters. The van der Waals surface area contributed by atoms with Gasteiger partial charge >= 0.3 is 11.7 Å². The number of nitro groups is 1. The van der Waals surface area contributed by atoms with E-state index in [0.29, 0.717) is 11.5 Å². The van der Waals surface area contributed by atoms with Gasteiger partial charge in [-0.3, -0.25) is 19.7 Å². The summed E-state index contributed by atoms with van der Waals surface area (Å²) >= 11 is 0. The summed E-state index contributed by atoms with van der Waals surface area (Å²) in [7, 11) is 1.29. The Morgan fingerprint density at radius 2 is 2.12 bits per heavy atom. The van der Waals surface area contributed by atoms with E-state index in [9.17, 15) is 19.7 Å². The fraction of sp³-hybridized carbons (Fsp3) is 0.267. The van der Waals surface area contributed by atoms with Crippen LogP contribution in [0.25, 0.3) is 0 Å². The highest BCUT2D eigenvalue weighted by atomic mass is 16.6. The molecule has 10 nitrogen and oxygen atoms in total. The number of nitrogens with one attached hydrogen (secondary N) is 1. The van der Waals surface area contributed by atoms with Gasteiger partial charge in [-0.25, -0.2) is 0 Å². The van der Waals surface area contributed by atoms with Gasteiger partial charge in [-0.05, 0) is 19.1 Å². The third kappa shape index (κ3) is 4.77. The smallest absolute Gasteiger partial charge is 0.325 e. The van der Waals surface area contributed by atoms with Gasteiger partial charge < -0.3 is 19.3 Å². The number of esters is 1. The standard InChI is InChI=1S/C15H15N3O7/c1-9-5-11(17-25-9)8-24-14(19)7-16-15(20)10-3-4-13(23-2)12(6-10)18(21)22/h3-6H,7-8H2,1-2H3,(H,16,20). The molecule has 1 N–H and O–H groups in total. The molecule has 1 amide bonds. The first kappa shape index (κ1) is 17.9. The summed E-state index contributed by atoms with van der Waals surface area (Å²) in [6.07, 6.45) is 0. The number of amides is 1. The molecule has 10 heteroatoms. The van der Waals surface area contributed by atoms with Crippen LogP contribution < -0.4 is 10.1 Å². The van der Waals surface area contributed by atoms with Gasteiger partial charge in [0.05, 0.1) is 12.0 Å². The number of carbonyl (C=O) groups excluding carboxylic acids is 2. The predicted octanol–water partition coefficient (Wildman–Crippen LogP) is 1.37. The van der Waals surface area contributed by atoms with E-state index in [-0.39, 0.29) is 23.6 Å². The molecule has 0 saturated heterocycles. The first-order chi connectivity index (χ1) is 11.9. The lowest BCUT2D eigenvalue weighted by atomic mass is 10.1. The van der Waals surface area contributed by atoms with E-state index >= 15 is 0 Å². The van der Waals surface area contributed by atoms with Crippen molar-refractivity contribution in [3.05, 3.63) is 51.4 Å². The topological polar surface area (TPSA) is 134 Å². The van der Waals surface area contributed by atoms with Gasteiger partial charge in [0.15, 0.2) is 5.75 Å². The molecule has 1 heterocycles. The van der Waals surface area contributed by atoms with Gasteiger partial charge in [0, 0.05) is 17.7 Å². The molecule has 132 valence electrons. The lowest BCUT2D eigenvalue weighted by Crippen LogP contribution is -2.30. The summed E-state index contributed by atoms with van der Waals surface area (Å²) < 4.78 is 14.6. The summed E-state index contributed by atoms with van der Waals surface area (Å²) in [5, 5.41) is 16.9. The quantitative estimate of drug-likeness (QED) is 0.450. The third-order valence-corrected chi connectivity index (χ3v) is 3.09. The second kappa shape index (κ2) is 7.90. The molecule has 0 spiro atoms. The van der Waals surface area contributed by atoms with Gasteiger partial charge in [-0.1, -0.05) is 5.16 Å². The minimum Gasteiger partial charge on any atom is -0.490 e. The van der Waals surface area contributed by atoms with Crippen molar-refractivity contribution in [2.75, 3.05) is 13.7 Å². The maximum atomic E-state index is 12.0. The maximum absolute atomic E-state index is 12.0. The molecule has 0 aliphatic heterocycles. The molecular weight excluding hydrogens is 334 g/mol. The molecule has 0 aliphatic rings. The molecule has 0 saturated carbocycles. The predicted molar refractivity (Wildman–Crippen MR) is 83.0 cm³/mol. The zero-order valence-electron chi connectivity index (χ0n) is 13.5. The zero-order valence-corrected chi connectivity index (χ0v) is 13.5. The highest BCUT2D eigenvalue weighted by Crippen LogP contribution is 2.27.